The highest BCUT2D eigenvalue weighted by Crippen LogP contribution is 2.35. The molecule has 3 heterocycles. The van der Waals surface area contributed by atoms with Gasteiger partial charge >= 0.3 is 0 Å². The van der Waals surface area contributed by atoms with E-state index in [2.05, 4.69) is 51.8 Å². The van der Waals surface area contributed by atoms with Gasteiger partial charge < -0.3 is 15.6 Å². The summed E-state index contributed by atoms with van der Waals surface area (Å²) in [6, 6.07) is 22.2. The minimum Gasteiger partial charge on any atom is -0.357 e. The standard InChI is InChI=1S/C24H22N4O/c1-15-14-19-18-6-2-3-7-20(18)27-23(19)22(26-15)16-9-11-17(12-10-16)24(29)28-21-8-4-5-13-25-21/h2-13,15,22,26-27H,14H2,1H3,(H,25,28,29)/t15-,22?/m0/s1. The summed E-state index contributed by atoms with van der Waals surface area (Å²) < 4.78 is 0. The minimum atomic E-state index is -0.161. The first-order chi connectivity index (χ1) is 14.2. The molecule has 0 radical (unpaired) electrons. The average molecular weight is 382 g/mol. The molecule has 1 unspecified atom stereocenters. The first-order valence-electron chi connectivity index (χ1n) is 9.87. The van der Waals surface area contributed by atoms with Gasteiger partial charge in [0.15, 0.2) is 0 Å². The number of fused-ring (bicyclic) bond motifs is 3. The minimum absolute atomic E-state index is 0.0778. The number of aromatic amines is 1. The fourth-order valence-corrected chi connectivity index (χ4v) is 4.14. The van der Waals surface area contributed by atoms with Crippen molar-refractivity contribution in [3.8, 4) is 0 Å². The molecule has 2 atom stereocenters. The number of carbonyl (C=O) groups is 1. The highest BCUT2D eigenvalue weighted by molar-refractivity contribution is 6.03. The van der Waals surface area contributed by atoms with E-state index in [1.807, 2.05) is 36.4 Å². The quantitative estimate of drug-likeness (QED) is 0.491. The van der Waals surface area contributed by atoms with Crippen molar-refractivity contribution in [3.05, 3.63) is 95.3 Å². The molecule has 5 nitrogen and oxygen atoms in total. The largest absolute Gasteiger partial charge is 0.357 e. The van der Waals surface area contributed by atoms with Crippen LogP contribution in [0.25, 0.3) is 10.9 Å². The molecular weight excluding hydrogens is 360 g/mol. The maximum Gasteiger partial charge on any atom is 0.256 e. The smallest absolute Gasteiger partial charge is 0.256 e. The lowest BCUT2D eigenvalue weighted by Crippen LogP contribution is -2.37. The zero-order valence-electron chi connectivity index (χ0n) is 16.1. The van der Waals surface area contributed by atoms with Gasteiger partial charge in [0, 0.05) is 34.4 Å². The number of H-pyrrole nitrogens is 1. The molecule has 5 rings (SSSR count). The second-order valence-electron chi connectivity index (χ2n) is 7.56. The van der Waals surface area contributed by atoms with Crippen molar-refractivity contribution in [2.24, 2.45) is 0 Å². The first kappa shape index (κ1) is 17.6. The third kappa shape index (κ3) is 3.30. The molecule has 0 bridgehead atoms. The Morgan fingerprint density at radius 1 is 1.03 bits per heavy atom. The van der Waals surface area contributed by atoms with Crippen molar-refractivity contribution < 1.29 is 4.79 Å². The molecule has 0 saturated heterocycles. The number of hydrogen-bond acceptors (Lipinski definition) is 3. The highest BCUT2D eigenvalue weighted by Gasteiger charge is 2.28. The Balaban J connectivity index is 1.44. The molecule has 0 fully saturated rings. The van der Waals surface area contributed by atoms with E-state index in [9.17, 15) is 4.79 Å². The maximum atomic E-state index is 12.5. The zero-order chi connectivity index (χ0) is 19.8. The van der Waals surface area contributed by atoms with Crippen LogP contribution in [-0.2, 0) is 6.42 Å². The maximum absolute atomic E-state index is 12.5. The van der Waals surface area contributed by atoms with Gasteiger partial charge in [-0.15, -0.1) is 0 Å². The third-order valence-electron chi connectivity index (χ3n) is 5.51. The number of benzene rings is 2. The molecule has 29 heavy (non-hydrogen) atoms. The van der Waals surface area contributed by atoms with E-state index in [4.69, 9.17) is 0 Å². The molecule has 1 amide bonds. The van der Waals surface area contributed by atoms with Crippen molar-refractivity contribution in [2.45, 2.75) is 25.4 Å². The molecule has 2 aromatic carbocycles. The molecule has 0 spiro atoms. The summed E-state index contributed by atoms with van der Waals surface area (Å²) in [7, 11) is 0. The van der Waals surface area contributed by atoms with E-state index in [0.29, 0.717) is 17.4 Å². The van der Waals surface area contributed by atoms with Gasteiger partial charge in [0.25, 0.3) is 5.91 Å². The van der Waals surface area contributed by atoms with E-state index in [0.717, 1.165) is 12.0 Å². The van der Waals surface area contributed by atoms with Crippen LogP contribution in [0.2, 0.25) is 0 Å². The predicted octanol–water partition coefficient (Wildman–Crippen LogP) is 4.44. The molecular formula is C24H22N4O. The molecule has 1 aliphatic rings. The number of aromatic nitrogens is 2. The van der Waals surface area contributed by atoms with E-state index < -0.39 is 0 Å². The Morgan fingerprint density at radius 2 is 1.83 bits per heavy atom. The number of hydrogen-bond donors (Lipinski definition) is 3. The van der Waals surface area contributed by atoms with Gasteiger partial charge in [-0.2, -0.15) is 0 Å². The van der Waals surface area contributed by atoms with Crippen molar-refractivity contribution in [2.75, 3.05) is 5.32 Å². The summed E-state index contributed by atoms with van der Waals surface area (Å²) >= 11 is 0. The van der Waals surface area contributed by atoms with Crippen LogP contribution in [0.15, 0.2) is 72.9 Å². The number of nitrogens with one attached hydrogen (secondary N) is 3. The van der Waals surface area contributed by atoms with Crippen molar-refractivity contribution in [1.82, 2.24) is 15.3 Å². The average Bonchev–Trinajstić information content (AvgIpc) is 3.12. The van der Waals surface area contributed by atoms with Crippen LogP contribution in [0.3, 0.4) is 0 Å². The normalized spacial score (nSPS) is 18.4. The topological polar surface area (TPSA) is 69.8 Å². The van der Waals surface area contributed by atoms with Crippen LogP contribution in [-0.4, -0.2) is 21.9 Å². The monoisotopic (exact) mass is 382 g/mol. The van der Waals surface area contributed by atoms with Gasteiger partial charge in [-0.3, -0.25) is 4.79 Å². The van der Waals surface area contributed by atoms with Gasteiger partial charge in [0.1, 0.15) is 5.82 Å². The van der Waals surface area contributed by atoms with Crippen molar-refractivity contribution in [3.63, 3.8) is 0 Å². The summed E-state index contributed by atoms with van der Waals surface area (Å²) in [6.45, 7) is 2.21. The fourth-order valence-electron chi connectivity index (χ4n) is 4.14. The van der Waals surface area contributed by atoms with E-state index in [1.165, 1.54) is 22.2 Å². The van der Waals surface area contributed by atoms with E-state index in [1.54, 1.807) is 12.3 Å². The molecule has 0 aliphatic carbocycles. The Hall–Kier alpha value is -3.44. The Bertz CT molecular complexity index is 1160. The van der Waals surface area contributed by atoms with Gasteiger partial charge in [-0.05, 0) is 54.8 Å². The van der Waals surface area contributed by atoms with E-state index >= 15 is 0 Å². The zero-order valence-corrected chi connectivity index (χ0v) is 16.1. The first-order valence-corrected chi connectivity index (χ1v) is 9.87. The lowest BCUT2D eigenvalue weighted by Gasteiger charge is -2.30. The molecule has 2 aromatic heterocycles. The number of rotatable bonds is 3. The summed E-state index contributed by atoms with van der Waals surface area (Å²) in [5.74, 6) is 0.388. The Morgan fingerprint density at radius 3 is 2.62 bits per heavy atom. The van der Waals surface area contributed by atoms with Gasteiger partial charge in [-0.25, -0.2) is 4.98 Å². The van der Waals surface area contributed by atoms with Crippen molar-refractivity contribution >= 4 is 22.6 Å². The molecule has 3 N–H and O–H groups in total. The van der Waals surface area contributed by atoms with Gasteiger partial charge in [-0.1, -0.05) is 36.4 Å². The molecule has 0 saturated carbocycles. The summed E-state index contributed by atoms with van der Waals surface area (Å²) in [6.07, 6.45) is 2.66. The number of anilines is 1. The van der Waals surface area contributed by atoms with Gasteiger partial charge in [0.2, 0.25) is 0 Å². The lowest BCUT2D eigenvalue weighted by molar-refractivity contribution is 0.102. The predicted molar refractivity (Wildman–Crippen MR) is 115 cm³/mol. The number of para-hydroxylation sites is 1. The summed E-state index contributed by atoms with van der Waals surface area (Å²) in [4.78, 5) is 20.2. The van der Waals surface area contributed by atoms with Crippen LogP contribution in [0, 0.1) is 0 Å². The lowest BCUT2D eigenvalue weighted by atomic mass is 9.90. The molecule has 4 aromatic rings. The van der Waals surface area contributed by atoms with E-state index in [-0.39, 0.29) is 11.9 Å². The fraction of sp³-hybridized carbons (Fsp3) is 0.167. The number of amides is 1. The second kappa shape index (κ2) is 7.18. The third-order valence-corrected chi connectivity index (χ3v) is 5.51. The van der Waals surface area contributed by atoms with Crippen LogP contribution in [0.1, 0.15) is 40.1 Å². The summed E-state index contributed by atoms with van der Waals surface area (Å²) in [5, 5.41) is 7.82. The second-order valence-corrected chi connectivity index (χ2v) is 7.56. The van der Waals surface area contributed by atoms with Crippen LogP contribution in [0.4, 0.5) is 5.82 Å². The molecule has 1 aliphatic heterocycles. The van der Waals surface area contributed by atoms with Crippen molar-refractivity contribution in [1.29, 1.82) is 0 Å². The van der Waals surface area contributed by atoms with Crippen LogP contribution in [0.5, 0.6) is 0 Å². The SMILES string of the molecule is C[C@H]1Cc2c([nH]c3ccccc23)C(c2ccc(C(=O)Nc3ccccn3)cc2)N1. The Kier molecular flexibility index (Phi) is 4.37. The molecule has 144 valence electrons. The molecule has 5 heteroatoms. The van der Waals surface area contributed by atoms with Crippen LogP contribution < -0.4 is 10.6 Å². The number of carbonyl (C=O) groups excluding carboxylic acids is 1. The van der Waals surface area contributed by atoms with Gasteiger partial charge in [0.05, 0.1) is 6.04 Å². The highest BCUT2D eigenvalue weighted by atomic mass is 16.1. The van der Waals surface area contributed by atoms with Crippen LogP contribution >= 0.6 is 0 Å². The summed E-state index contributed by atoms with van der Waals surface area (Å²) in [5.41, 5.74) is 5.52. The number of nitrogens with zero attached hydrogens (tertiary/aromatic N) is 1. The number of pyridine rings is 1. The Labute approximate surface area is 169 Å².